The fourth-order valence-corrected chi connectivity index (χ4v) is 2.47. The highest BCUT2D eigenvalue weighted by Gasteiger charge is 2.43. The van der Waals surface area contributed by atoms with Gasteiger partial charge in [0.25, 0.3) is 5.91 Å². The quantitative estimate of drug-likeness (QED) is 0.708. The lowest BCUT2D eigenvalue weighted by atomic mass is 9.91. The average Bonchev–Trinajstić information content (AvgIpc) is 2.32. The summed E-state index contributed by atoms with van der Waals surface area (Å²) in [5.74, 6) is -0.519. The number of amides is 3. The second-order valence-electron chi connectivity index (χ2n) is 6.35. The first kappa shape index (κ1) is 16.6. The van der Waals surface area contributed by atoms with E-state index in [-0.39, 0.29) is 24.8 Å². The van der Waals surface area contributed by atoms with Crippen molar-refractivity contribution in [2.24, 2.45) is 17.6 Å². The van der Waals surface area contributed by atoms with Gasteiger partial charge in [-0.3, -0.25) is 19.7 Å². The van der Waals surface area contributed by atoms with Gasteiger partial charge in [-0.05, 0) is 38.6 Å². The number of rotatable bonds is 5. The molecule has 6 heteroatoms. The van der Waals surface area contributed by atoms with Crippen LogP contribution in [0.5, 0.6) is 0 Å². The summed E-state index contributed by atoms with van der Waals surface area (Å²) in [4.78, 5) is 37.0. The summed E-state index contributed by atoms with van der Waals surface area (Å²) >= 11 is 0. The molecular formula is C14H25N3O3. The van der Waals surface area contributed by atoms with Crippen molar-refractivity contribution in [3.8, 4) is 0 Å². The molecule has 0 aromatic heterocycles. The minimum absolute atomic E-state index is 0.0729. The Kier molecular flexibility index (Phi) is 5.28. The molecule has 6 nitrogen and oxygen atoms in total. The summed E-state index contributed by atoms with van der Waals surface area (Å²) in [5.41, 5.74) is 4.71. The minimum Gasteiger partial charge on any atom is -0.330 e. The molecule has 1 atom stereocenters. The Morgan fingerprint density at radius 3 is 2.50 bits per heavy atom. The molecule has 1 aliphatic heterocycles. The van der Waals surface area contributed by atoms with E-state index in [1.807, 2.05) is 0 Å². The zero-order valence-electron chi connectivity index (χ0n) is 12.7. The number of hydrogen-bond donors (Lipinski definition) is 2. The molecule has 0 aromatic rings. The molecule has 1 rings (SSSR count). The SMILES string of the molecule is CC(C)C[C@H](CN)CC(=O)N1CC(=O)NC(=O)C1(C)C. The predicted octanol–water partition coefficient (Wildman–Crippen LogP) is 0.261. The molecule has 0 unspecified atom stereocenters. The first-order chi connectivity index (χ1) is 9.18. The molecule has 114 valence electrons. The van der Waals surface area contributed by atoms with E-state index in [0.717, 1.165) is 6.42 Å². The highest BCUT2D eigenvalue weighted by atomic mass is 16.2. The number of carbonyl (C=O) groups is 3. The van der Waals surface area contributed by atoms with Gasteiger partial charge in [-0.15, -0.1) is 0 Å². The Morgan fingerprint density at radius 2 is 2.00 bits per heavy atom. The molecule has 0 bridgehead atoms. The number of nitrogens with zero attached hydrogens (tertiary/aromatic N) is 1. The van der Waals surface area contributed by atoms with E-state index >= 15 is 0 Å². The van der Waals surface area contributed by atoms with Crippen LogP contribution in [0.4, 0.5) is 0 Å². The van der Waals surface area contributed by atoms with E-state index < -0.39 is 17.4 Å². The molecule has 3 amide bonds. The first-order valence-electron chi connectivity index (χ1n) is 7.03. The van der Waals surface area contributed by atoms with Crippen LogP contribution >= 0.6 is 0 Å². The minimum atomic E-state index is -0.998. The van der Waals surface area contributed by atoms with Gasteiger partial charge in [-0.25, -0.2) is 0 Å². The third-order valence-corrected chi connectivity index (χ3v) is 3.69. The van der Waals surface area contributed by atoms with E-state index in [2.05, 4.69) is 19.2 Å². The second-order valence-corrected chi connectivity index (χ2v) is 6.35. The predicted molar refractivity (Wildman–Crippen MR) is 75.6 cm³/mol. The fourth-order valence-electron chi connectivity index (χ4n) is 2.47. The smallest absolute Gasteiger partial charge is 0.252 e. The van der Waals surface area contributed by atoms with Crippen molar-refractivity contribution >= 4 is 17.7 Å². The van der Waals surface area contributed by atoms with Crippen LogP contribution < -0.4 is 11.1 Å². The van der Waals surface area contributed by atoms with Gasteiger partial charge in [0.05, 0.1) is 0 Å². The van der Waals surface area contributed by atoms with Gasteiger partial charge in [-0.1, -0.05) is 13.8 Å². The van der Waals surface area contributed by atoms with Crippen LogP contribution in [0, 0.1) is 11.8 Å². The van der Waals surface area contributed by atoms with Gasteiger partial charge in [0.2, 0.25) is 11.8 Å². The van der Waals surface area contributed by atoms with Gasteiger partial charge in [0, 0.05) is 6.42 Å². The van der Waals surface area contributed by atoms with E-state index in [1.54, 1.807) is 13.8 Å². The molecule has 1 fully saturated rings. The normalized spacial score (nSPS) is 20.0. The van der Waals surface area contributed by atoms with Gasteiger partial charge in [-0.2, -0.15) is 0 Å². The number of carbonyl (C=O) groups excluding carboxylic acids is 3. The van der Waals surface area contributed by atoms with Crippen molar-refractivity contribution in [1.29, 1.82) is 0 Å². The average molecular weight is 283 g/mol. The van der Waals surface area contributed by atoms with Crippen molar-refractivity contribution in [3.05, 3.63) is 0 Å². The molecule has 1 saturated heterocycles. The van der Waals surface area contributed by atoms with Crippen LogP contribution in [-0.2, 0) is 14.4 Å². The van der Waals surface area contributed by atoms with E-state index in [9.17, 15) is 14.4 Å². The van der Waals surface area contributed by atoms with Gasteiger partial charge < -0.3 is 10.6 Å². The topological polar surface area (TPSA) is 92.5 Å². The highest BCUT2D eigenvalue weighted by molar-refractivity contribution is 6.06. The van der Waals surface area contributed by atoms with Gasteiger partial charge >= 0.3 is 0 Å². The maximum atomic E-state index is 12.4. The van der Waals surface area contributed by atoms with Crippen molar-refractivity contribution in [2.45, 2.75) is 46.1 Å². The van der Waals surface area contributed by atoms with Crippen LogP contribution in [0.3, 0.4) is 0 Å². The summed E-state index contributed by atoms with van der Waals surface area (Å²) in [6.07, 6.45) is 1.13. The van der Waals surface area contributed by atoms with Crippen molar-refractivity contribution in [1.82, 2.24) is 10.2 Å². The van der Waals surface area contributed by atoms with Crippen molar-refractivity contribution in [3.63, 3.8) is 0 Å². The lowest BCUT2D eigenvalue weighted by Gasteiger charge is -2.40. The number of nitrogens with one attached hydrogen (secondary N) is 1. The maximum absolute atomic E-state index is 12.4. The highest BCUT2D eigenvalue weighted by Crippen LogP contribution is 2.22. The van der Waals surface area contributed by atoms with Crippen molar-refractivity contribution in [2.75, 3.05) is 13.1 Å². The molecule has 0 aliphatic carbocycles. The molecule has 3 N–H and O–H groups in total. The Hall–Kier alpha value is -1.43. The van der Waals surface area contributed by atoms with Crippen molar-refractivity contribution < 1.29 is 14.4 Å². The Morgan fingerprint density at radius 1 is 1.40 bits per heavy atom. The number of imide groups is 1. The molecule has 1 aliphatic rings. The largest absolute Gasteiger partial charge is 0.330 e. The number of hydrogen-bond acceptors (Lipinski definition) is 4. The molecule has 0 radical (unpaired) electrons. The summed E-state index contributed by atoms with van der Waals surface area (Å²) < 4.78 is 0. The van der Waals surface area contributed by atoms with E-state index in [0.29, 0.717) is 12.5 Å². The van der Waals surface area contributed by atoms with Crippen LogP contribution in [-0.4, -0.2) is 41.2 Å². The van der Waals surface area contributed by atoms with E-state index in [1.165, 1.54) is 4.90 Å². The zero-order valence-corrected chi connectivity index (χ0v) is 12.7. The Balaban J connectivity index is 2.78. The summed E-state index contributed by atoms with van der Waals surface area (Å²) in [7, 11) is 0. The molecule has 0 saturated carbocycles. The monoisotopic (exact) mass is 283 g/mol. The molecular weight excluding hydrogens is 258 g/mol. The molecule has 0 spiro atoms. The molecule has 20 heavy (non-hydrogen) atoms. The second kappa shape index (κ2) is 6.35. The Bertz CT molecular complexity index is 404. The third kappa shape index (κ3) is 3.79. The number of nitrogens with two attached hydrogens (primary N) is 1. The van der Waals surface area contributed by atoms with Crippen LogP contribution in [0.2, 0.25) is 0 Å². The van der Waals surface area contributed by atoms with Gasteiger partial charge in [0.15, 0.2) is 0 Å². The molecule has 0 aromatic carbocycles. The first-order valence-corrected chi connectivity index (χ1v) is 7.03. The van der Waals surface area contributed by atoms with E-state index in [4.69, 9.17) is 5.73 Å². The lowest BCUT2D eigenvalue weighted by molar-refractivity contribution is -0.156. The summed E-state index contributed by atoms with van der Waals surface area (Å²) in [5, 5.41) is 2.26. The molecule has 1 heterocycles. The van der Waals surface area contributed by atoms with Gasteiger partial charge in [0.1, 0.15) is 12.1 Å². The lowest BCUT2D eigenvalue weighted by Crippen LogP contribution is -2.65. The Labute approximate surface area is 120 Å². The maximum Gasteiger partial charge on any atom is 0.252 e. The van der Waals surface area contributed by atoms with Crippen LogP contribution in [0.25, 0.3) is 0 Å². The standard InChI is InChI=1S/C14H25N3O3/c1-9(2)5-10(7-15)6-12(19)17-8-11(18)16-13(20)14(17,3)4/h9-10H,5-8,15H2,1-4H3,(H,16,18,20)/t10-/m0/s1. The zero-order chi connectivity index (χ0) is 15.5. The van der Waals surface area contributed by atoms with Crippen LogP contribution in [0.15, 0.2) is 0 Å². The fraction of sp³-hybridized carbons (Fsp3) is 0.786. The van der Waals surface area contributed by atoms with Crippen LogP contribution in [0.1, 0.15) is 40.5 Å². The number of piperazine rings is 1. The summed E-state index contributed by atoms with van der Waals surface area (Å²) in [6, 6.07) is 0. The third-order valence-electron chi connectivity index (χ3n) is 3.69. The summed E-state index contributed by atoms with van der Waals surface area (Å²) in [6.45, 7) is 7.80.